The average Bonchev–Trinajstić information content (AvgIpc) is 2.85. The number of likely N-dealkylation sites (N-methyl/N-ethyl adjacent to an activating group) is 1. The van der Waals surface area contributed by atoms with E-state index in [9.17, 15) is 18.0 Å². The van der Waals surface area contributed by atoms with E-state index in [0.29, 0.717) is 25.8 Å². The molecule has 0 radical (unpaired) electrons. The maximum Gasteiger partial charge on any atom is 0.244 e. The van der Waals surface area contributed by atoms with Crippen LogP contribution in [0.15, 0.2) is 77.3 Å². The molecule has 1 atom stereocenters. The molecule has 11 heteroatoms. The van der Waals surface area contributed by atoms with E-state index >= 15 is 0 Å². The van der Waals surface area contributed by atoms with Crippen LogP contribution in [0.1, 0.15) is 11.1 Å². The molecule has 0 aliphatic carbocycles. The summed E-state index contributed by atoms with van der Waals surface area (Å²) in [4.78, 5) is 28.3. The number of rotatable bonds is 10. The zero-order valence-electron chi connectivity index (χ0n) is 20.2. The summed E-state index contributed by atoms with van der Waals surface area (Å²) >= 11 is 16.2. The summed E-state index contributed by atoms with van der Waals surface area (Å²) < 4.78 is 27.1. The van der Waals surface area contributed by atoms with Gasteiger partial charge in [0.25, 0.3) is 0 Å². The number of hydrogen-bond donors (Lipinski definition) is 1. The summed E-state index contributed by atoms with van der Waals surface area (Å²) in [6.07, 6.45) is 1.22. The lowest BCUT2D eigenvalue weighted by Crippen LogP contribution is -2.53. The maximum absolute atomic E-state index is 13.9. The highest BCUT2D eigenvalue weighted by Gasteiger charge is 2.33. The quantitative estimate of drug-likeness (QED) is 0.347. The molecule has 7 nitrogen and oxygen atoms in total. The minimum atomic E-state index is -3.85. The molecular weight excluding hydrogens is 601 g/mol. The molecule has 0 aliphatic rings. The Hall–Kier alpha value is -2.59. The lowest BCUT2D eigenvalue weighted by molar-refractivity contribution is -0.139. The van der Waals surface area contributed by atoms with Crippen molar-refractivity contribution in [2.75, 3.05) is 24.2 Å². The molecule has 37 heavy (non-hydrogen) atoms. The normalized spacial score (nSPS) is 12.0. The molecule has 3 aromatic carbocycles. The number of nitrogens with one attached hydrogen (secondary N) is 1. The van der Waals surface area contributed by atoms with Crippen molar-refractivity contribution in [3.8, 4) is 0 Å². The number of anilines is 1. The standard InChI is InChI=1S/C26H26BrCl2N3O4S/c1-30-26(34)24(14-18-8-4-3-5-9-18)31(16-21-22(28)12-7-13-23(21)29)25(33)17-32(37(2,35)36)20-11-6-10-19(27)15-20/h3-13,15,24H,14,16-17H2,1-2H3,(H,30,34)/t24-/m1/s1. The van der Waals surface area contributed by atoms with E-state index in [2.05, 4.69) is 21.2 Å². The summed E-state index contributed by atoms with van der Waals surface area (Å²) in [5, 5.41) is 3.27. The second-order valence-electron chi connectivity index (χ2n) is 8.29. The van der Waals surface area contributed by atoms with Gasteiger partial charge in [0.15, 0.2) is 0 Å². The predicted octanol–water partition coefficient (Wildman–Crippen LogP) is 4.91. The van der Waals surface area contributed by atoms with Crippen LogP contribution in [0.25, 0.3) is 0 Å². The molecule has 0 spiro atoms. The SMILES string of the molecule is CNC(=O)[C@@H](Cc1ccccc1)N(Cc1c(Cl)cccc1Cl)C(=O)CN(c1cccc(Br)c1)S(C)(=O)=O. The van der Waals surface area contributed by atoms with Crippen molar-refractivity contribution in [3.05, 3.63) is 98.4 Å². The largest absolute Gasteiger partial charge is 0.357 e. The maximum atomic E-state index is 13.9. The number of halogens is 3. The molecule has 0 aliphatic heterocycles. The predicted molar refractivity (Wildman–Crippen MR) is 151 cm³/mol. The van der Waals surface area contributed by atoms with Gasteiger partial charge >= 0.3 is 0 Å². The zero-order chi connectivity index (χ0) is 27.2. The number of sulfonamides is 1. The van der Waals surface area contributed by atoms with Gasteiger partial charge in [-0.1, -0.05) is 81.6 Å². The fourth-order valence-corrected chi connectivity index (χ4v) is 5.56. The topological polar surface area (TPSA) is 86.8 Å². The molecule has 0 aromatic heterocycles. The van der Waals surface area contributed by atoms with E-state index in [4.69, 9.17) is 23.2 Å². The van der Waals surface area contributed by atoms with Crippen molar-refractivity contribution in [2.24, 2.45) is 0 Å². The molecule has 2 amide bonds. The number of hydrogen-bond acceptors (Lipinski definition) is 4. The molecule has 0 bridgehead atoms. The molecule has 3 aromatic rings. The number of benzene rings is 3. The van der Waals surface area contributed by atoms with Crippen molar-refractivity contribution in [2.45, 2.75) is 19.0 Å². The average molecular weight is 627 g/mol. The second-order valence-corrected chi connectivity index (χ2v) is 11.9. The second kappa shape index (κ2) is 12.8. The lowest BCUT2D eigenvalue weighted by Gasteiger charge is -2.33. The Morgan fingerprint density at radius 3 is 2.16 bits per heavy atom. The van der Waals surface area contributed by atoms with Crippen LogP contribution in [0.2, 0.25) is 10.0 Å². The molecule has 3 rings (SSSR count). The van der Waals surface area contributed by atoms with Crippen LogP contribution in [0.5, 0.6) is 0 Å². The van der Waals surface area contributed by atoms with Gasteiger partial charge in [0.2, 0.25) is 21.8 Å². The molecule has 0 unspecified atom stereocenters. The third kappa shape index (κ3) is 7.70. The summed E-state index contributed by atoms with van der Waals surface area (Å²) in [6, 6.07) is 19.9. The van der Waals surface area contributed by atoms with Crippen molar-refractivity contribution in [1.29, 1.82) is 0 Å². The van der Waals surface area contributed by atoms with Gasteiger partial charge in [0.1, 0.15) is 12.6 Å². The first kappa shape index (κ1) is 29.0. The van der Waals surface area contributed by atoms with E-state index in [-0.39, 0.29) is 13.0 Å². The monoisotopic (exact) mass is 625 g/mol. The zero-order valence-corrected chi connectivity index (χ0v) is 24.1. The first-order valence-corrected chi connectivity index (χ1v) is 14.6. The molecule has 0 saturated carbocycles. The lowest BCUT2D eigenvalue weighted by atomic mass is 10.0. The summed E-state index contributed by atoms with van der Waals surface area (Å²) in [5.74, 6) is -1.00. The molecule has 0 heterocycles. The molecule has 0 fully saturated rings. The molecule has 1 N–H and O–H groups in total. The molecule has 0 saturated heterocycles. The van der Waals surface area contributed by atoms with Crippen LogP contribution in [0, 0.1) is 0 Å². The van der Waals surface area contributed by atoms with Gasteiger partial charge in [-0.05, 0) is 35.9 Å². The highest BCUT2D eigenvalue weighted by atomic mass is 79.9. The smallest absolute Gasteiger partial charge is 0.244 e. The fourth-order valence-electron chi connectivity index (χ4n) is 3.82. The number of carbonyl (C=O) groups is 2. The van der Waals surface area contributed by atoms with Crippen LogP contribution < -0.4 is 9.62 Å². The van der Waals surface area contributed by atoms with E-state index in [1.165, 1.54) is 11.9 Å². The van der Waals surface area contributed by atoms with Crippen LogP contribution in [-0.4, -0.2) is 51.0 Å². The van der Waals surface area contributed by atoms with Crippen LogP contribution >= 0.6 is 39.1 Å². The van der Waals surface area contributed by atoms with Gasteiger partial charge in [0.05, 0.1) is 11.9 Å². The number of nitrogens with zero attached hydrogens (tertiary/aromatic N) is 2. The Morgan fingerprint density at radius 1 is 0.973 bits per heavy atom. The van der Waals surface area contributed by atoms with Gasteiger partial charge in [-0.25, -0.2) is 8.42 Å². The first-order chi connectivity index (χ1) is 17.5. The van der Waals surface area contributed by atoms with Crippen molar-refractivity contribution < 1.29 is 18.0 Å². The highest BCUT2D eigenvalue weighted by Crippen LogP contribution is 2.28. The van der Waals surface area contributed by atoms with Gasteiger partial charge in [-0.15, -0.1) is 0 Å². The Morgan fingerprint density at radius 2 is 1.59 bits per heavy atom. The summed E-state index contributed by atoms with van der Waals surface area (Å²) in [5.41, 5.74) is 1.58. The minimum absolute atomic E-state index is 0.0989. The third-order valence-corrected chi connectivity index (χ3v) is 8.03. The van der Waals surface area contributed by atoms with Crippen LogP contribution in [0.3, 0.4) is 0 Å². The summed E-state index contributed by atoms with van der Waals surface area (Å²) in [7, 11) is -2.37. The minimum Gasteiger partial charge on any atom is -0.357 e. The van der Waals surface area contributed by atoms with E-state index < -0.39 is 34.4 Å². The van der Waals surface area contributed by atoms with Crippen molar-refractivity contribution >= 4 is 66.7 Å². The number of amides is 2. The highest BCUT2D eigenvalue weighted by molar-refractivity contribution is 9.10. The van der Waals surface area contributed by atoms with E-state index in [0.717, 1.165) is 16.1 Å². The Balaban J connectivity index is 2.07. The summed E-state index contributed by atoms with van der Waals surface area (Å²) in [6.45, 7) is -0.627. The third-order valence-electron chi connectivity index (χ3n) is 5.68. The van der Waals surface area contributed by atoms with Crippen LogP contribution in [-0.2, 0) is 32.6 Å². The van der Waals surface area contributed by atoms with Gasteiger partial charge < -0.3 is 10.2 Å². The Labute approximate surface area is 235 Å². The van der Waals surface area contributed by atoms with Crippen LogP contribution in [0.4, 0.5) is 5.69 Å². The Bertz CT molecular complexity index is 1350. The number of carbonyl (C=O) groups excluding carboxylic acids is 2. The van der Waals surface area contributed by atoms with Crippen molar-refractivity contribution in [1.82, 2.24) is 10.2 Å². The first-order valence-electron chi connectivity index (χ1n) is 11.2. The molecule has 196 valence electrons. The van der Waals surface area contributed by atoms with Gasteiger partial charge in [0, 0.05) is 40.1 Å². The van der Waals surface area contributed by atoms with E-state index in [1.807, 2.05) is 30.3 Å². The fraction of sp³-hybridized carbons (Fsp3) is 0.231. The van der Waals surface area contributed by atoms with Crippen molar-refractivity contribution in [3.63, 3.8) is 0 Å². The molecular formula is C26H26BrCl2N3O4S. The van der Waals surface area contributed by atoms with Gasteiger partial charge in [-0.3, -0.25) is 13.9 Å². The Kier molecular flexibility index (Phi) is 10.0. The van der Waals surface area contributed by atoms with E-state index in [1.54, 1.807) is 42.5 Å². The van der Waals surface area contributed by atoms with Gasteiger partial charge in [-0.2, -0.15) is 0 Å².